The van der Waals surface area contributed by atoms with Gasteiger partial charge in [0, 0.05) is 22.4 Å². The van der Waals surface area contributed by atoms with Crippen molar-refractivity contribution in [3.8, 4) is 6.07 Å². The minimum Gasteiger partial charge on any atom is -0.279 e. The number of hydrogen-bond donors (Lipinski definition) is 0. The molecule has 3 aliphatic rings. The van der Waals surface area contributed by atoms with Gasteiger partial charge < -0.3 is 0 Å². The summed E-state index contributed by atoms with van der Waals surface area (Å²) in [5, 5.41) is 10.5. The molecule has 0 N–H and O–H groups in total. The second kappa shape index (κ2) is 6.42. The van der Waals surface area contributed by atoms with Gasteiger partial charge in [-0.25, -0.2) is 0 Å². The Kier molecular flexibility index (Phi) is 4.10. The number of carbonyl (C=O) groups is 1. The molecule has 0 spiro atoms. The summed E-state index contributed by atoms with van der Waals surface area (Å²) < 4.78 is 0. The number of hydrogen-bond acceptors (Lipinski definition) is 3. The first-order chi connectivity index (χ1) is 12.2. The number of benzene rings is 2. The normalized spacial score (nSPS) is 26.8. The summed E-state index contributed by atoms with van der Waals surface area (Å²) in [5.74, 6) is -0.0813. The van der Waals surface area contributed by atoms with Gasteiger partial charge in [-0.2, -0.15) is 5.26 Å². The molecule has 0 radical (unpaired) electrons. The lowest BCUT2D eigenvalue weighted by Gasteiger charge is -2.49. The molecule has 1 amide bonds. The smallest absolute Gasteiger partial charge is 0.260 e. The molecule has 0 aromatic heterocycles. The molecule has 5 rings (SSSR count). The number of carbonyl (C=O) groups excluding carboxylic acids is 1. The van der Waals surface area contributed by atoms with Crippen molar-refractivity contribution in [3.63, 3.8) is 0 Å². The van der Waals surface area contributed by atoms with Crippen LogP contribution in [0, 0.1) is 17.2 Å². The summed E-state index contributed by atoms with van der Waals surface area (Å²) in [6.45, 7) is 0. The average Bonchev–Trinajstić information content (AvgIpc) is 2.70. The number of amides is 1. The molecule has 1 saturated heterocycles. The molecule has 3 atom stereocenters. The molecular weight excluding hydrogens is 328 g/mol. The standard InChI is InChI=1S/C21H18N2OS/c22-15-21(17-11-13-19(25-21)14-12-17)23(18-9-5-2-6-10-18)20(24)16-7-3-1-4-8-16/h1-11,13,17,19H,12,14H2/t17-,19+,21?/m0/s1. The van der Waals surface area contributed by atoms with Crippen LogP contribution in [0.15, 0.2) is 72.8 Å². The third-order valence-electron chi connectivity index (χ3n) is 4.88. The molecule has 4 heteroatoms. The zero-order valence-electron chi connectivity index (χ0n) is 13.7. The van der Waals surface area contributed by atoms with E-state index in [-0.39, 0.29) is 11.8 Å². The van der Waals surface area contributed by atoms with Gasteiger partial charge in [-0.15, -0.1) is 11.8 Å². The molecule has 2 bridgehead atoms. The Morgan fingerprint density at radius 1 is 1.04 bits per heavy atom. The van der Waals surface area contributed by atoms with Gasteiger partial charge in [0.15, 0.2) is 4.87 Å². The summed E-state index contributed by atoms with van der Waals surface area (Å²) in [5.41, 5.74) is 1.37. The molecule has 124 valence electrons. The molecule has 25 heavy (non-hydrogen) atoms. The largest absolute Gasteiger partial charge is 0.279 e. The van der Waals surface area contributed by atoms with E-state index in [1.54, 1.807) is 16.7 Å². The minimum absolute atomic E-state index is 0.0420. The van der Waals surface area contributed by atoms with Crippen LogP contribution in [0.25, 0.3) is 0 Å². The second-order valence-electron chi connectivity index (χ2n) is 6.38. The molecule has 3 nitrogen and oxygen atoms in total. The van der Waals surface area contributed by atoms with Crippen LogP contribution < -0.4 is 4.90 Å². The van der Waals surface area contributed by atoms with Crippen LogP contribution in [0.2, 0.25) is 0 Å². The lowest BCUT2D eigenvalue weighted by atomic mass is 9.86. The van der Waals surface area contributed by atoms with Crippen LogP contribution in [-0.4, -0.2) is 16.0 Å². The molecular formula is C21H18N2OS. The van der Waals surface area contributed by atoms with Gasteiger partial charge in [0.25, 0.3) is 5.91 Å². The van der Waals surface area contributed by atoms with E-state index in [4.69, 9.17) is 0 Å². The Morgan fingerprint density at radius 2 is 1.72 bits per heavy atom. The fraction of sp³-hybridized carbons (Fsp3) is 0.238. The van der Waals surface area contributed by atoms with E-state index in [0.717, 1.165) is 18.5 Å². The third kappa shape index (κ3) is 2.65. The quantitative estimate of drug-likeness (QED) is 0.761. The van der Waals surface area contributed by atoms with Gasteiger partial charge in [0.05, 0.1) is 0 Å². The maximum atomic E-state index is 13.4. The Balaban J connectivity index is 1.85. The number of thioether (sulfide) groups is 1. The number of para-hydroxylation sites is 1. The average molecular weight is 346 g/mol. The molecule has 2 heterocycles. The highest BCUT2D eigenvalue weighted by molar-refractivity contribution is 8.01. The first-order valence-electron chi connectivity index (χ1n) is 8.46. The van der Waals surface area contributed by atoms with Crippen molar-refractivity contribution in [2.75, 3.05) is 4.90 Å². The first kappa shape index (κ1) is 16.0. The second-order valence-corrected chi connectivity index (χ2v) is 7.84. The van der Waals surface area contributed by atoms with Crippen LogP contribution in [-0.2, 0) is 0 Å². The first-order valence-corrected chi connectivity index (χ1v) is 9.34. The highest BCUT2D eigenvalue weighted by Gasteiger charge is 2.53. The molecule has 0 saturated carbocycles. The van der Waals surface area contributed by atoms with Crippen molar-refractivity contribution in [2.24, 2.45) is 5.92 Å². The van der Waals surface area contributed by atoms with Gasteiger partial charge in [-0.05, 0) is 37.1 Å². The maximum absolute atomic E-state index is 13.4. The number of nitrogens with zero attached hydrogens (tertiary/aromatic N) is 2. The van der Waals surface area contributed by atoms with Crippen molar-refractivity contribution >= 4 is 23.4 Å². The summed E-state index contributed by atoms with van der Waals surface area (Å²) in [6, 6.07) is 21.3. The predicted molar refractivity (Wildman–Crippen MR) is 101 cm³/mol. The highest BCUT2D eigenvalue weighted by atomic mass is 32.2. The van der Waals surface area contributed by atoms with Gasteiger partial charge in [0.1, 0.15) is 6.07 Å². The van der Waals surface area contributed by atoms with Crippen molar-refractivity contribution in [2.45, 2.75) is 23.0 Å². The fourth-order valence-electron chi connectivity index (χ4n) is 3.66. The molecule has 2 aromatic carbocycles. The summed E-state index contributed by atoms with van der Waals surface area (Å²) in [6.07, 6.45) is 6.32. The fourth-order valence-corrected chi connectivity index (χ4v) is 5.26. The Bertz CT molecular complexity index is 843. The van der Waals surface area contributed by atoms with Crippen LogP contribution in [0.3, 0.4) is 0 Å². The van der Waals surface area contributed by atoms with Gasteiger partial charge in [-0.3, -0.25) is 9.69 Å². The Morgan fingerprint density at radius 3 is 2.24 bits per heavy atom. The number of nitriles is 1. The SMILES string of the molecule is N#CC1(N(C(=O)c2ccccc2)c2ccccc2)S[C@@H]2C=C[C@H]1CC2. The monoisotopic (exact) mass is 346 g/mol. The summed E-state index contributed by atoms with van der Waals surface area (Å²) >= 11 is 1.61. The van der Waals surface area contributed by atoms with E-state index < -0.39 is 4.87 Å². The van der Waals surface area contributed by atoms with E-state index in [0.29, 0.717) is 10.8 Å². The van der Waals surface area contributed by atoms with E-state index >= 15 is 0 Å². The van der Waals surface area contributed by atoms with Gasteiger partial charge in [-0.1, -0.05) is 48.6 Å². The lowest BCUT2D eigenvalue weighted by Crippen LogP contribution is -2.57. The van der Waals surface area contributed by atoms with E-state index in [2.05, 4.69) is 18.2 Å². The van der Waals surface area contributed by atoms with Gasteiger partial charge >= 0.3 is 0 Å². The van der Waals surface area contributed by atoms with Crippen LogP contribution in [0.5, 0.6) is 0 Å². The Hall–Kier alpha value is -2.51. The number of fused-ring (bicyclic) bond motifs is 2. The zero-order chi connectivity index (χ0) is 17.3. The molecule has 2 aliphatic heterocycles. The zero-order valence-corrected chi connectivity index (χ0v) is 14.5. The molecule has 1 aliphatic carbocycles. The summed E-state index contributed by atoms with van der Waals surface area (Å²) in [7, 11) is 0. The van der Waals surface area contributed by atoms with Crippen LogP contribution in [0.4, 0.5) is 5.69 Å². The van der Waals surface area contributed by atoms with E-state index in [1.165, 1.54) is 0 Å². The van der Waals surface area contributed by atoms with E-state index in [9.17, 15) is 10.1 Å². The Labute approximate surface area is 152 Å². The topological polar surface area (TPSA) is 44.1 Å². The van der Waals surface area contributed by atoms with Crippen molar-refractivity contribution < 1.29 is 4.79 Å². The van der Waals surface area contributed by atoms with Crippen LogP contribution in [0.1, 0.15) is 23.2 Å². The van der Waals surface area contributed by atoms with Crippen molar-refractivity contribution in [1.82, 2.24) is 0 Å². The van der Waals surface area contributed by atoms with Crippen molar-refractivity contribution in [3.05, 3.63) is 78.4 Å². The summed E-state index contributed by atoms with van der Waals surface area (Å²) in [4.78, 5) is 14.2. The van der Waals surface area contributed by atoms with Gasteiger partial charge in [0.2, 0.25) is 0 Å². The molecule has 1 fully saturated rings. The maximum Gasteiger partial charge on any atom is 0.260 e. The minimum atomic E-state index is -0.897. The molecule has 1 unspecified atom stereocenters. The lowest BCUT2D eigenvalue weighted by molar-refractivity contribution is 0.0970. The third-order valence-corrected chi connectivity index (χ3v) is 6.52. The van der Waals surface area contributed by atoms with Crippen LogP contribution >= 0.6 is 11.8 Å². The highest BCUT2D eigenvalue weighted by Crippen LogP contribution is 2.52. The van der Waals surface area contributed by atoms with Crippen molar-refractivity contribution in [1.29, 1.82) is 5.26 Å². The number of rotatable bonds is 3. The molecule has 2 aromatic rings. The number of anilines is 1. The van der Waals surface area contributed by atoms with E-state index in [1.807, 2.05) is 60.7 Å². The predicted octanol–water partition coefficient (Wildman–Crippen LogP) is 4.63.